The van der Waals surface area contributed by atoms with Gasteiger partial charge in [0.15, 0.2) is 11.5 Å². The second-order valence-corrected chi connectivity index (χ2v) is 10.2. The van der Waals surface area contributed by atoms with Crippen molar-refractivity contribution in [2.24, 2.45) is 11.8 Å². The van der Waals surface area contributed by atoms with Crippen LogP contribution >= 0.6 is 11.3 Å². The number of carbonyl (C=O) groups excluding carboxylic acids is 2. The Kier molecular flexibility index (Phi) is 7.40. The van der Waals surface area contributed by atoms with Crippen LogP contribution in [0, 0.1) is 18.8 Å². The van der Waals surface area contributed by atoms with Crippen molar-refractivity contribution in [2.75, 3.05) is 32.6 Å². The van der Waals surface area contributed by atoms with E-state index in [0.29, 0.717) is 50.2 Å². The van der Waals surface area contributed by atoms with Gasteiger partial charge in [0.2, 0.25) is 0 Å². The SMILES string of the molecule is COc1ccc(-c2nc(C)c(C(=O)Nc3ccccc3C(=O)N3CC(C)CC(C)C3)s2)cc1OC. The number of benzene rings is 2. The van der Waals surface area contributed by atoms with Crippen molar-refractivity contribution in [1.29, 1.82) is 0 Å². The number of amides is 2. The van der Waals surface area contributed by atoms with Crippen LogP contribution in [-0.4, -0.2) is 49.0 Å². The quantitative estimate of drug-likeness (QED) is 0.490. The highest BCUT2D eigenvalue weighted by Crippen LogP contribution is 2.35. The highest BCUT2D eigenvalue weighted by atomic mass is 32.1. The Labute approximate surface area is 210 Å². The van der Waals surface area contributed by atoms with Gasteiger partial charge in [-0.1, -0.05) is 26.0 Å². The topological polar surface area (TPSA) is 80.8 Å². The normalized spacial score (nSPS) is 17.7. The molecule has 2 aromatic carbocycles. The average Bonchev–Trinajstić information content (AvgIpc) is 3.24. The highest BCUT2D eigenvalue weighted by Gasteiger charge is 2.28. The zero-order chi connectivity index (χ0) is 25.1. The largest absolute Gasteiger partial charge is 0.493 e. The molecule has 1 aliphatic heterocycles. The maximum atomic E-state index is 13.3. The van der Waals surface area contributed by atoms with Crippen molar-refractivity contribution in [3.8, 4) is 22.1 Å². The number of hydrogen-bond donors (Lipinski definition) is 1. The van der Waals surface area contributed by atoms with Gasteiger partial charge in [0.25, 0.3) is 11.8 Å². The van der Waals surface area contributed by atoms with E-state index < -0.39 is 0 Å². The fourth-order valence-electron chi connectivity index (χ4n) is 4.66. The Morgan fingerprint density at radius 3 is 2.40 bits per heavy atom. The summed E-state index contributed by atoms with van der Waals surface area (Å²) in [7, 11) is 3.17. The third-order valence-electron chi connectivity index (χ3n) is 6.20. The van der Waals surface area contributed by atoms with Gasteiger partial charge in [0.1, 0.15) is 9.88 Å². The smallest absolute Gasteiger partial charge is 0.267 e. The number of para-hydroxylation sites is 1. The molecular weight excluding hydrogens is 462 g/mol. The van der Waals surface area contributed by atoms with Crippen LogP contribution in [-0.2, 0) is 0 Å². The summed E-state index contributed by atoms with van der Waals surface area (Å²) < 4.78 is 10.7. The van der Waals surface area contributed by atoms with Crippen LogP contribution in [0.4, 0.5) is 5.69 Å². The van der Waals surface area contributed by atoms with E-state index >= 15 is 0 Å². The molecule has 2 atom stereocenters. The Morgan fingerprint density at radius 1 is 1.03 bits per heavy atom. The number of piperidine rings is 1. The number of anilines is 1. The maximum Gasteiger partial charge on any atom is 0.267 e. The summed E-state index contributed by atoms with van der Waals surface area (Å²) >= 11 is 1.30. The molecular formula is C27H31N3O4S. The van der Waals surface area contributed by atoms with E-state index in [1.165, 1.54) is 11.3 Å². The van der Waals surface area contributed by atoms with Crippen LogP contribution in [0.2, 0.25) is 0 Å². The third-order valence-corrected chi connectivity index (χ3v) is 7.40. The van der Waals surface area contributed by atoms with E-state index in [2.05, 4.69) is 24.1 Å². The van der Waals surface area contributed by atoms with Gasteiger partial charge in [-0.25, -0.2) is 4.98 Å². The van der Waals surface area contributed by atoms with Gasteiger partial charge in [0, 0.05) is 18.7 Å². The lowest BCUT2D eigenvalue weighted by Gasteiger charge is -2.35. The van der Waals surface area contributed by atoms with E-state index in [1.54, 1.807) is 26.4 Å². The summed E-state index contributed by atoms with van der Waals surface area (Å²) in [5, 5.41) is 3.66. The van der Waals surface area contributed by atoms with Crippen molar-refractivity contribution in [3.05, 3.63) is 58.6 Å². The fraction of sp³-hybridized carbons (Fsp3) is 0.370. The summed E-state index contributed by atoms with van der Waals surface area (Å²) in [4.78, 5) is 33.6. The summed E-state index contributed by atoms with van der Waals surface area (Å²) in [6.45, 7) is 7.61. The van der Waals surface area contributed by atoms with Crippen molar-refractivity contribution < 1.29 is 19.1 Å². The summed E-state index contributed by atoms with van der Waals surface area (Å²) in [6.07, 6.45) is 1.12. The molecule has 35 heavy (non-hydrogen) atoms. The van der Waals surface area contributed by atoms with Gasteiger partial charge in [0.05, 0.1) is 31.2 Å². The van der Waals surface area contributed by atoms with Gasteiger partial charge >= 0.3 is 0 Å². The molecule has 4 rings (SSSR count). The number of rotatable bonds is 6. The van der Waals surface area contributed by atoms with Gasteiger partial charge in [-0.15, -0.1) is 11.3 Å². The molecule has 0 radical (unpaired) electrons. The lowest BCUT2D eigenvalue weighted by atomic mass is 9.91. The number of ether oxygens (including phenoxy) is 2. The molecule has 7 nitrogen and oxygen atoms in total. The van der Waals surface area contributed by atoms with Gasteiger partial charge < -0.3 is 19.7 Å². The number of thiazole rings is 1. The van der Waals surface area contributed by atoms with Crippen molar-refractivity contribution in [3.63, 3.8) is 0 Å². The molecule has 1 saturated heterocycles. The Balaban J connectivity index is 1.57. The lowest BCUT2D eigenvalue weighted by Crippen LogP contribution is -2.42. The second-order valence-electron chi connectivity index (χ2n) is 9.16. The van der Waals surface area contributed by atoms with Crippen LogP contribution < -0.4 is 14.8 Å². The Hall–Kier alpha value is -3.39. The maximum absolute atomic E-state index is 13.3. The molecule has 8 heteroatoms. The number of carbonyl (C=O) groups is 2. The van der Waals surface area contributed by atoms with Gasteiger partial charge in [-0.05, 0) is 55.5 Å². The number of likely N-dealkylation sites (tertiary alicyclic amines) is 1. The minimum atomic E-state index is -0.285. The van der Waals surface area contributed by atoms with E-state index in [4.69, 9.17) is 9.47 Å². The lowest BCUT2D eigenvalue weighted by molar-refractivity contribution is 0.0624. The van der Waals surface area contributed by atoms with E-state index in [1.807, 2.05) is 42.2 Å². The predicted octanol–water partition coefficient (Wildman–Crippen LogP) is 5.51. The molecule has 0 aliphatic carbocycles. The molecule has 3 aromatic rings. The molecule has 2 heterocycles. The number of aromatic nitrogens is 1. The number of hydrogen-bond acceptors (Lipinski definition) is 6. The summed E-state index contributed by atoms with van der Waals surface area (Å²) in [5.74, 6) is 1.80. The molecule has 2 amide bonds. The van der Waals surface area contributed by atoms with E-state index in [0.717, 1.165) is 25.1 Å². The Morgan fingerprint density at radius 2 is 1.71 bits per heavy atom. The van der Waals surface area contributed by atoms with Crippen LogP contribution in [0.15, 0.2) is 42.5 Å². The third kappa shape index (κ3) is 5.32. The monoisotopic (exact) mass is 493 g/mol. The average molecular weight is 494 g/mol. The molecule has 1 aliphatic rings. The number of nitrogens with one attached hydrogen (secondary N) is 1. The number of methoxy groups -OCH3 is 2. The van der Waals surface area contributed by atoms with Crippen LogP contribution in [0.5, 0.6) is 11.5 Å². The highest BCUT2D eigenvalue weighted by molar-refractivity contribution is 7.17. The molecule has 1 N–H and O–H groups in total. The Bertz CT molecular complexity index is 1230. The standard InChI is InChI=1S/C27H31N3O4S/c1-16-12-17(2)15-30(14-16)27(32)20-8-6-7-9-21(20)29-25(31)24-18(3)28-26(35-24)19-10-11-22(33-4)23(13-19)34-5/h6-11,13,16-17H,12,14-15H2,1-5H3,(H,29,31). The zero-order valence-electron chi connectivity index (χ0n) is 20.8. The molecule has 2 unspecified atom stereocenters. The molecule has 1 fully saturated rings. The molecule has 184 valence electrons. The van der Waals surface area contributed by atoms with Crippen molar-refractivity contribution in [1.82, 2.24) is 9.88 Å². The first kappa shape index (κ1) is 24.7. The van der Waals surface area contributed by atoms with Gasteiger partial charge in [-0.2, -0.15) is 0 Å². The summed E-state index contributed by atoms with van der Waals surface area (Å²) in [5.41, 5.74) is 2.47. The zero-order valence-corrected chi connectivity index (χ0v) is 21.6. The molecule has 0 spiro atoms. The van der Waals surface area contributed by atoms with E-state index in [9.17, 15) is 9.59 Å². The van der Waals surface area contributed by atoms with E-state index in [-0.39, 0.29) is 11.8 Å². The molecule has 0 saturated carbocycles. The van der Waals surface area contributed by atoms with Crippen LogP contribution in [0.1, 0.15) is 46.0 Å². The van der Waals surface area contributed by atoms with Gasteiger partial charge in [-0.3, -0.25) is 9.59 Å². The minimum Gasteiger partial charge on any atom is -0.493 e. The second kappa shape index (κ2) is 10.5. The van der Waals surface area contributed by atoms with Crippen LogP contribution in [0.25, 0.3) is 10.6 Å². The molecule has 1 aromatic heterocycles. The predicted molar refractivity (Wildman–Crippen MR) is 139 cm³/mol. The summed E-state index contributed by atoms with van der Waals surface area (Å²) in [6, 6.07) is 12.7. The van der Waals surface area contributed by atoms with Crippen LogP contribution in [0.3, 0.4) is 0 Å². The first-order valence-electron chi connectivity index (χ1n) is 11.7. The number of aryl methyl sites for hydroxylation is 1. The van der Waals surface area contributed by atoms with Crippen molar-refractivity contribution in [2.45, 2.75) is 27.2 Å². The molecule has 0 bridgehead atoms. The van der Waals surface area contributed by atoms with Crippen molar-refractivity contribution >= 4 is 28.8 Å². The first-order chi connectivity index (χ1) is 16.8. The minimum absolute atomic E-state index is 0.0497. The first-order valence-corrected chi connectivity index (χ1v) is 12.5. The number of nitrogens with zero attached hydrogens (tertiary/aromatic N) is 2. The fourth-order valence-corrected chi connectivity index (χ4v) is 5.61.